The van der Waals surface area contributed by atoms with Crippen LogP contribution >= 0.6 is 0 Å². The molecule has 1 unspecified atom stereocenters. The number of aromatic nitrogens is 3. The van der Waals surface area contributed by atoms with E-state index in [4.69, 9.17) is 5.73 Å². The average molecular weight is 341 g/mol. The zero-order valence-corrected chi connectivity index (χ0v) is 13.9. The van der Waals surface area contributed by atoms with E-state index in [2.05, 4.69) is 20.3 Å². The predicted molar refractivity (Wildman–Crippen MR) is 88.4 cm³/mol. The molecule has 5 nitrogen and oxygen atoms in total. The topological polar surface area (TPSA) is 76.7 Å². The summed E-state index contributed by atoms with van der Waals surface area (Å²) in [5.41, 5.74) is 5.46. The molecule has 0 aliphatic heterocycles. The van der Waals surface area contributed by atoms with Crippen molar-refractivity contribution in [3.63, 3.8) is 0 Å². The molecule has 1 aromatic carbocycles. The lowest BCUT2D eigenvalue weighted by Crippen LogP contribution is -2.18. The van der Waals surface area contributed by atoms with Crippen molar-refractivity contribution in [3.8, 4) is 0 Å². The van der Waals surface area contributed by atoms with Gasteiger partial charge in [0.05, 0.1) is 5.56 Å². The van der Waals surface area contributed by atoms with Crippen molar-refractivity contribution < 1.29 is 13.2 Å². The van der Waals surface area contributed by atoms with Crippen LogP contribution in [0.4, 0.5) is 25.1 Å². The Balaban J connectivity index is 0.00000139. The molecule has 0 aliphatic carbocycles. The molecular weight excluding hydrogens is 319 g/mol. The van der Waals surface area contributed by atoms with E-state index in [9.17, 15) is 13.2 Å². The van der Waals surface area contributed by atoms with E-state index in [0.29, 0.717) is 24.4 Å². The first-order valence-corrected chi connectivity index (χ1v) is 7.72. The van der Waals surface area contributed by atoms with Crippen LogP contribution in [-0.2, 0) is 12.6 Å². The number of hydrogen-bond donors (Lipinski definition) is 2. The Hall–Kier alpha value is -2.38. The molecule has 24 heavy (non-hydrogen) atoms. The normalized spacial score (nSPS) is 12.1. The van der Waals surface area contributed by atoms with Crippen LogP contribution in [0.5, 0.6) is 0 Å². The molecule has 132 valence electrons. The number of anilines is 2. The maximum absolute atomic E-state index is 12.6. The molecule has 0 fully saturated rings. The second-order valence-electron chi connectivity index (χ2n) is 4.95. The number of nitrogen functional groups attached to an aromatic ring is 1. The largest absolute Gasteiger partial charge is 0.416 e. The minimum Gasteiger partial charge on any atom is -0.368 e. The van der Waals surface area contributed by atoms with E-state index < -0.39 is 11.7 Å². The maximum atomic E-state index is 12.6. The molecule has 0 radical (unpaired) electrons. The van der Waals surface area contributed by atoms with Crippen molar-refractivity contribution in [1.29, 1.82) is 0 Å². The SMILES string of the molecule is CC.CC(CCc1cccc(C(F)(F)F)c1)Nc1ncnc(N)n1. The highest BCUT2D eigenvalue weighted by atomic mass is 19.4. The Morgan fingerprint density at radius 3 is 2.54 bits per heavy atom. The van der Waals surface area contributed by atoms with Gasteiger partial charge < -0.3 is 11.1 Å². The van der Waals surface area contributed by atoms with Gasteiger partial charge in [0.15, 0.2) is 0 Å². The van der Waals surface area contributed by atoms with Crippen LogP contribution in [0.15, 0.2) is 30.6 Å². The number of benzene rings is 1. The second kappa shape index (κ2) is 9.05. The Kier molecular flexibility index (Phi) is 7.41. The van der Waals surface area contributed by atoms with Crippen molar-refractivity contribution in [3.05, 3.63) is 41.7 Å². The maximum Gasteiger partial charge on any atom is 0.416 e. The summed E-state index contributed by atoms with van der Waals surface area (Å²) in [5.74, 6) is 0.464. The van der Waals surface area contributed by atoms with Crippen molar-refractivity contribution in [1.82, 2.24) is 15.0 Å². The van der Waals surface area contributed by atoms with E-state index in [-0.39, 0.29) is 12.0 Å². The number of nitrogens with two attached hydrogens (primary N) is 1. The van der Waals surface area contributed by atoms with Gasteiger partial charge in [-0.2, -0.15) is 18.2 Å². The zero-order chi connectivity index (χ0) is 18.2. The molecule has 0 spiro atoms. The van der Waals surface area contributed by atoms with Crippen LogP contribution < -0.4 is 11.1 Å². The summed E-state index contributed by atoms with van der Waals surface area (Å²) in [6, 6.07) is 5.33. The van der Waals surface area contributed by atoms with Gasteiger partial charge in [0.1, 0.15) is 6.33 Å². The molecule has 1 atom stereocenters. The number of alkyl halides is 3. The first-order chi connectivity index (χ1) is 11.3. The van der Waals surface area contributed by atoms with Gasteiger partial charge in [0.2, 0.25) is 11.9 Å². The molecule has 0 amide bonds. The minimum absolute atomic E-state index is 0.0173. The van der Waals surface area contributed by atoms with E-state index in [1.807, 2.05) is 20.8 Å². The van der Waals surface area contributed by atoms with Crippen molar-refractivity contribution >= 4 is 11.9 Å². The summed E-state index contributed by atoms with van der Waals surface area (Å²) < 4.78 is 37.9. The fraction of sp³-hybridized carbons (Fsp3) is 0.438. The third kappa shape index (κ3) is 6.39. The molecule has 2 rings (SSSR count). The number of nitrogens with zero attached hydrogens (tertiary/aromatic N) is 3. The van der Waals surface area contributed by atoms with Gasteiger partial charge >= 0.3 is 6.18 Å². The van der Waals surface area contributed by atoms with E-state index in [0.717, 1.165) is 6.07 Å². The highest BCUT2D eigenvalue weighted by molar-refractivity contribution is 5.30. The molecular formula is C16H22F3N5. The van der Waals surface area contributed by atoms with E-state index >= 15 is 0 Å². The van der Waals surface area contributed by atoms with Crippen LogP contribution in [0.3, 0.4) is 0 Å². The van der Waals surface area contributed by atoms with E-state index in [1.165, 1.54) is 18.5 Å². The number of rotatable bonds is 5. The summed E-state index contributed by atoms with van der Waals surface area (Å²) >= 11 is 0. The van der Waals surface area contributed by atoms with Crippen molar-refractivity contribution in [2.45, 2.75) is 45.8 Å². The number of aryl methyl sites for hydroxylation is 1. The fourth-order valence-electron chi connectivity index (χ4n) is 1.96. The predicted octanol–water partition coefficient (Wildman–Crippen LogP) is 3.93. The van der Waals surface area contributed by atoms with Gasteiger partial charge in [0, 0.05) is 6.04 Å². The minimum atomic E-state index is -4.32. The summed E-state index contributed by atoms with van der Waals surface area (Å²) in [4.78, 5) is 11.5. The Morgan fingerprint density at radius 2 is 1.92 bits per heavy atom. The molecule has 3 N–H and O–H groups in total. The lowest BCUT2D eigenvalue weighted by atomic mass is 10.0. The zero-order valence-electron chi connectivity index (χ0n) is 13.9. The van der Waals surface area contributed by atoms with Crippen LogP contribution in [0.2, 0.25) is 0 Å². The Bertz CT molecular complexity index is 631. The third-order valence-corrected chi connectivity index (χ3v) is 3.09. The van der Waals surface area contributed by atoms with Gasteiger partial charge in [-0.15, -0.1) is 0 Å². The van der Waals surface area contributed by atoms with Gasteiger partial charge in [-0.1, -0.05) is 32.0 Å². The molecule has 1 aromatic heterocycles. The summed E-state index contributed by atoms with van der Waals surface area (Å²) in [6.45, 7) is 5.90. The molecule has 2 aromatic rings. The lowest BCUT2D eigenvalue weighted by Gasteiger charge is -2.14. The molecule has 0 bridgehead atoms. The third-order valence-electron chi connectivity index (χ3n) is 3.09. The van der Waals surface area contributed by atoms with Crippen molar-refractivity contribution in [2.24, 2.45) is 0 Å². The van der Waals surface area contributed by atoms with Gasteiger partial charge in [-0.25, -0.2) is 9.97 Å². The number of hydrogen-bond acceptors (Lipinski definition) is 5. The monoisotopic (exact) mass is 341 g/mol. The van der Waals surface area contributed by atoms with Gasteiger partial charge in [-0.3, -0.25) is 0 Å². The van der Waals surface area contributed by atoms with Gasteiger partial charge in [-0.05, 0) is 31.4 Å². The molecule has 1 heterocycles. The Labute approximate surface area is 139 Å². The summed E-state index contributed by atoms with van der Waals surface area (Å²) in [6.07, 6.45) is -1.88. The smallest absolute Gasteiger partial charge is 0.368 e. The van der Waals surface area contributed by atoms with Crippen molar-refractivity contribution in [2.75, 3.05) is 11.1 Å². The highest BCUT2D eigenvalue weighted by Gasteiger charge is 2.30. The Morgan fingerprint density at radius 1 is 1.21 bits per heavy atom. The van der Waals surface area contributed by atoms with Crippen LogP contribution in [0.1, 0.15) is 38.3 Å². The molecule has 0 saturated heterocycles. The van der Waals surface area contributed by atoms with Crippen LogP contribution in [0, 0.1) is 0 Å². The first-order valence-electron chi connectivity index (χ1n) is 7.72. The summed E-state index contributed by atoms with van der Waals surface area (Å²) in [7, 11) is 0. The average Bonchev–Trinajstić information content (AvgIpc) is 2.54. The standard InChI is InChI=1S/C14H16F3N5.C2H6/c1-9(21-13-20-8-19-12(18)22-13)5-6-10-3-2-4-11(7-10)14(15,16)17;1-2/h2-4,7-9H,5-6H2,1H3,(H3,18,19,20,21,22);1-2H3. The first kappa shape index (κ1) is 19.7. The van der Waals surface area contributed by atoms with Gasteiger partial charge in [0.25, 0.3) is 0 Å². The fourth-order valence-corrected chi connectivity index (χ4v) is 1.96. The number of halogens is 3. The van der Waals surface area contributed by atoms with E-state index in [1.54, 1.807) is 6.07 Å². The summed E-state index contributed by atoms with van der Waals surface area (Å²) in [5, 5.41) is 3.03. The molecule has 0 aliphatic rings. The lowest BCUT2D eigenvalue weighted by molar-refractivity contribution is -0.137. The number of nitrogens with one attached hydrogen (secondary N) is 1. The molecule has 0 saturated carbocycles. The van der Waals surface area contributed by atoms with Crippen LogP contribution in [0.25, 0.3) is 0 Å². The highest BCUT2D eigenvalue weighted by Crippen LogP contribution is 2.29. The quantitative estimate of drug-likeness (QED) is 0.861. The van der Waals surface area contributed by atoms with Crippen LogP contribution in [-0.4, -0.2) is 21.0 Å². The second-order valence-corrected chi connectivity index (χ2v) is 4.95. The molecule has 8 heteroatoms.